The Morgan fingerprint density at radius 3 is 2.58 bits per heavy atom. The van der Waals surface area contributed by atoms with Crippen molar-refractivity contribution in [3.05, 3.63) is 53.9 Å². The van der Waals surface area contributed by atoms with Gasteiger partial charge in [0, 0.05) is 24.5 Å². The van der Waals surface area contributed by atoms with E-state index in [4.69, 9.17) is 4.74 Å². The van der Waals surface area contributed by atoms with Crippen LogP contribution in [0.25, 0.3) is 11.0 Å². The van der Waals surface area contributed by atoms with E-state index in [0.29, 0.717) is 42.5 Å². The van der Waals surface area contributed by atoms with Gasteiger partial charge in [-0.05, 0) is 42.8 Å². The van der Waals surface area contributed by atoms with Crippen molar-refractivity contribution in [3.8, 4) is 0 Å². The Hall–Kier alpha value is -2.01. The average molecular weight is 468 g/mol. The number of aryl methyl sites for hydroxylation is 1. The minimum Gasteiger partial charge on any atom is -0.379 e. The zero-order valence-corrected chi connectivity index (χ0v) is 18.7. The summed E-state index contributed by atoms with van der Waals surface area (Å²) in [4.78, 5) is 5.48. The lowest BCUT2D eigenvalue weighted by Crippen LogP contribution is -2.40. The Kier molecular flexibility index (Phi) is 6.61. The number of fused-ring (bicyclic) bond motifs is 1. The number of imidazole rings is 1. The lowest BCUT2D eigenvalue weighted by molar-refractivity contribution is 0.0730. The molecule has 1 aliphatic rings. The van der Waals surface area contributed by atoms with E-state index >= 15 is 0 Å². The zero-order valence-electron chi connectivity index (χ0n) is 17.1. The number of hydrogen-bond donors (Lipinski definition) is 0. The molecule has 2 aromatic carbocycles. The molecule has 166 valence electrons. The Morgan fingerprint density at radius 2 is 1.87 bits per heavy atom. The molecule has 1 aromatic heterocycles. The van der Waals surface area contributed by atoms with Gasteiger partial charge in [-0.25, -0.2) is 22.2 Å². The summed E-state index contributed by atoms with van der Waals surface area (Å²) in [6.45, 7) is 4.21. The van der Waals surface area contributed by atoms with Crippen LogP contribution in [0.1, 0.15) is 19.2 Å². The van der Waals surface area contributed by atoms with Crippen molar-refractivity contribution < 1.29 is 21.9 Å². The van der Waals surface area contributed by atoms with Crippen LogP contribution in [0.4, 0.5) is 8.78 Å². The summed E-state index contributed by atoms with van der Waals surface area (Å²) in [5.74, 6) is -0.556. The number of benzene rings is 2. The standard InChI is InChI=1S/C21H23F2N3O3S2/c1-2-7-26-20-6-4-16(31(27,28)25-8-10-29-11-9-25)13-19(20)24-21(26)14-30-15-3-5-17(22)18(23)12-15/h3-6,12-13H,2,7-11,14H2,1H3. The van der Waals surface area contributed by atoms with Gasteiger partial charge < -0.3 is 9.30 Å². The minimum absolute atomic E-state index is 0.211. The molecular formula is C21H23F2N3O3S2. The molecule has 0 radical (unpaired) electrons. The van der Waals surface area contributed by atoms with Crippen LogP contribution < -0.4 is 0 Å². The van der Waals surface area contributed by atoms with E-state index in [-0.39, 0.29) is 4.90 Å². The highest BCUT2D eigenvalue weighted by molar-refractivity contribution is 7.98. The van der Waals surface area contributed by atoms with Crippen molar-refractivity contribution in [1.29, 1.82) is 0 Å². The first-order chi connectivity index (χ1) is 14.9. The van der Waals surface area contributed by atoms with Gasteiger partial charge in [0.15, 0.2) is 11.6 Å². The Morgan fingerprint density at radius 1 is 1.10 bits per heavy atom. The summed E-state index contributed by atoms with van der Waals surface area (Å²) in [7, 11) is -3.61. The van der Waals surface area contributed by atoms with Crippen molar-refractivity contribution in [2.45, 2.75) is 35.4 Å². The van der Waals surface area contributed by atoms with Crippen LogP contribution in [0.2, 0.25) is 0 Å². The van der Waals surface area contributed by atoms with Gasteiger partial charge in [0.25, 0.3) is 0 Å². The molecular weight excluding hydrogens is 444 g/mol. The molecule has 3 aromatic rings. The molecule has 2 heterocycles. The lowest BCUT2D eigenvalue weighted by atomic mass is 10.3. The first-order valence-corrected chi connectivity index (χ1v) is 12.5. The van der Waals surface area contributed by atoms with Crippen molar-refractivity contribution in [2.75, 3.05) is 26.3 Å². The van der Waals surface area contributed by atoms with Crippen molar-refractivity contribution in [3.63, 3.8) is 0 Å². The molecule has 0 saturated carbocycles. The number of rotatable bonds is 7. The van der Waals surface area contributed by atoms with E-state index in [1.165, 1.54) is 28.2 Å². The van der Waals surface area contributed by atoms with Gasteiger partial charge in [0.2, 0.25) is 10.0 Å². The zero-order chi connectivity index (χ0) is 22.0. The third-order valence-electron chi connectivity index (χ3n) is 5.11. The number of aromatic nitrogens is 2. The number of morpholine rings is 1. The van der Waals surface area contributed by atoms with E-state index in [9.17, 15) is 17.2 Å². The highest BCUT2D eigenvalue weighted by atomic mass is 32.2. The summed E-state index contributed by atoms with van der Waals surface area (Å²) in [6, 6.07) is 8.82. The summed E-state index contributed by atoms with van der Waals surface area (Å²) in [6.07, 6.45) is 0.877. The van der Waals surface area contributed by atoms with Gasteiger partial charge in [-0.1, -0.05) is 6.92 Å². The second kappa shape index (κ2) is 9.23. The number of sulfonamides is 1. The van der Waals surface area contributed by atoms with Gasteiger partial charge in [0.05, 0.1) is 34.9 Å². The first-order valence-electron chi connectivity index (χ1n) is 10.0. The summed E-state index contributed by atoms with van der Waals surface area (Å²) >= 11 is 1.35. The monoisotopic (exact) mass is 467 g/mol. The number of thioether (sulfide) groups is 1. The van der Waals surface area contributed by atoms with Gasteiger partial charge in [-0.15, -0.1) is 11.8 Å². The predicted octanol–water partition coefficient (Wildman–Crippen LogP) is 4.04. The predicted molar refractivity (Wildman–Crippen MR) is 116 cm³/mol. The minimum atomic E-state index is -3.61. The van der Waals surface area contributed by atoms with E-state index in [0.717, 1.165) is 30.4 Å². The summed E-state index contributed by atoms with van der Waals surface area (Å²) < 4.78 is 61.4. The van der Waals surface area contributed by atoms with Crippen LogP contribution >= 0.6 is 11.8 Å². The summed E-state index contributed by atoms with van der Waals surface area (Å²) in [5.41, 5.74) is 1.45. The maximum absolute atomic E-state index is 13.5. The maximum atomic E-state index is 13.5. The Bertz CT molecular complexity index is 1190. The van der Waals surface area contributed by atoms with Crippen molar-refractivity contribution >= 4 is 32.8 Å². The molecule has 0 spiro atoms. The highest BCUT2D eigenvalue weighted by Gasteiger charge is 2.27. The lowest BCUT2D eigenvalue weighted by Gasteiger charge is -2.26. The molecule has 0 unspecified atom stereocenters. The molecule has 0 atom stereocenters. The van der Waals surface area contributed by atoms with E-state index in [1.54, 1.807) is 18.2 Å². The van der Waals surface area contributed by atoms with Crippen LogP contribution in [0, 0.1) is 11.6 Å². The molecule has 0 bridgehead atoms. The quantitative estimate of drug-likeness (QED) is 0.491. The second-order valence-electron chi connectivity index (χ2n) is 7.21. The Balaban J connectivity index is 1.64. The van der Waals surface area contributed by atoms with Crippen molar-refractivity contribution in [2.24, 2.45) is 0 Å². The Labute approximate surface area is 184 Å². The molecule has 1 aliphatic heterocycles. The van der Waals surface area contributed by atoms with Crippen LogP contribution in [0.5, 0.6) is 0 Å². The van der Waals surface area contributed by atoms with Crippen LogP contribution in [0.3, 0.4) is 0 Å². The summed E-state index contributed by atoms with van der Waals surface area (Å²) in [5, 5.41) is 0. The van der Waals surface area contributed by atoms with E-state index in [2.05, 4.69) is 11.9 Å². The number of hydrogen-bond acceptors (Lipinski definition) is 5. The van der Waals surface area contributed by atoms with Gasteiger partial charge >= 0.3 is 0 Å². The fourth-order valence-electron chi connectivity index (χ4n) is 3.55. The third-order valence-corrected chi connectivity index (χ3v) is 8.00. The van der Waals surface area contributed by atoms with Crippen LogP contribution in [-0.4, -0.2) is 48.6 Å². The average Bonchev–Trinajstić information content (AvgIpc) is 3.12. The molecule has 1 saturated heterocycles. The second-order valence-corrected chi connectivity index (χ2v) is 10.2. The van der Waals surface area contributed by atoms with Crippen LogP contribution in [-0.2, 0) is 27.1 Å². The fourth-order valence-corrected chi connectivity index (χ4v) is 5.85. The number of nitrogens with zero attached hydrogens (tertiary/aromatic N) is 3. The largest absolute Gasteiger partial charge is 0.379 e. The van der Waals surface area contributed by atoms with E-state index < -0.39 is 21.7 Å². The SMILES string of the molecule is CCCn1c(CSc2ccc(F)c(F)c2)nc2cc(S(=O)(=O)N3CCOCC3)ccc21. The smallest absolute Gasteiger partial charge is 0.243 e. The third kappa shape index (κ3) is 4.62. The molecule has 4 rings (SSSR count). The van der Waals surface area contributed by atoms with Gasteiger partial charge in [-0.3, -0.25) is 0 Å². The molecule has 10 heteroatoms. The number of halogens is 2. The first kappa shape index (κ1) is 22.2. The van der Waals surface area contributed by atoms with E-state index in [1.807, 2.05) is 4.57 Å². The van der Waals surface area contributed by atoms with Gasteiger partial charge in [0.1, 0.15) is 5.82 Å². The maximum Gasteiger partial charge on any atom is 0.243 e. The molecule has 1 fully saturated rings. The molecule has 6 nitrogen and oxygen atoms in total. The molecule has 0 N–H and O–H groups in total. The molecule has 0 amide bonds. The van der Waals surface area contributed by atoms with Gasteiger partial charge in [-0.2, -0.15) is 4.31 Å². The number of ether oxygens (including phenoxy) is 1. The molecule has 31 heavy (non-hydrogen) atoms. The highest BCUT2D eigenvalue weighted by Crippen LogP contribution is 2.28. The van der Waals surface area contributed by atoms with Crippen molar-refractivity contribution in [1.82, 2.24) is 13.9 Å². The molecule has 0 aliphatic carbocycles. The fraction of sp³-hybridized carbons (Fsp3) is 0.381. The van der Waals surface area contributed by atoms with Crippen LogP contribution in [0.15, 0.2) is 46.2 Å². The normalized spacial score (nSPS) is 15.6. The topological polar surface area (TPSA) is 64.4 Å².